The van der Waals surface area contributed by atoms with Crippen LogP contribution in [0.5, 0.6) is 0 Å². The molecule has 0 aromatic carbocycles. The highest BCUT2D eigenvalue weighted by atomic mass is 15.0. The Kier molecular flexibility index (Phi) is 4.18. The van der Waals surface area contributed by atoms with Crippen LogP contribution in [-0.2, 0) is 0 Å². The molecular formula is C11H19N. The van der Waals surface area contributed by atoms with Gasteiger partial charge in [-0.3, -0.25) is 4.90 Å². The molecule has 12 heavy (non-hydrogen) atoms. The summed E-state index contributed by atoms with van der Waals surface area (Å²) in [7, 11) is 4.13. The number of rotatable bonds is 1. The van der Waals surface area contributed by atoms with Gasteiger partial charge >= 0.3 is 0 Å². The van der Waals surface area contributed by atoms with Gasteiger partial charge in [-0.15, -0.1) is 0 Å². The quantitative estimate of drug-likeness (QED) is 0.538. The molecule has 0 heterocycles. The Balaban J connectivity index is 2.21. The summed E-state index contributed by atoms with van der Waals surface area (Å²) in [6.07, 6.45) is 6.87. The zero-order valence-corrected chi connectivity index (χ0v) is 8.27. The largest absolute Gasteiger partial charge is 0.299 e. The van der Waals surface area contributed by atoms with Crippen molar-refractivity contribution in [3.05, 3.63) is 0 Å². The summed E-state index contributed by atoms with van der Waals surface area (Å²) in [6, 6.07) is 0. The van der Waals surface area contributed by atoms with E-state index in [0.29, 0.717) is 5.92 Å². The zero-order chi connectivity index (χ0) is 8.81. The van der Waals surface area contributed by atoms with Crippen LogP contribution in [0, 0.1) is 17.8 Å². The van der Waals surface area contributed by atoms with Crippen LogP contribution in [0.25, 0.3) is 0 Å². The van der Waals surface area contributed by atoms with Gasteiger partial charge in [0.15, 0.2) is 0 Å². The van der Waals surface area contributed by atoms with Gasteiger partial charge in [0.25, 0.3) is 0 Å². The molecule has 1 fully saturated rings. The van der Waals surface area contributed by atoms with E-state index in [0.717, 1.165) is 6.54 Å². The summed E-state index contributed by atoms with van der Waals surface area (Å²) in [5.41, 5.74) is 0. The van der Waals surface area contributed by atoms with Gasteiger partial charge in [0, 0.05) is 5.92 Å². The van der Waals surface area contributed by atoms with Crippen molar-refractivity contribution < 1.29 is 0 Å². The van der Waals surface area contributed by atoms with Crippen molar-refractivity contribution in [1.29, 1.82) is 0 Å². The minimum Gasteiger partial charge on any atom is -0.299 e. The van der Waals surface area contributed by atoms with Gasteiger partial charge in [0.05, 0.1) is 6.54 Å². The van der Waals surface area contributed by atoms with Crippen LogP contribution in [0.4, 0.5) is 0 Å². The first-order valence-electron chi connectivity index (χ1n) is 4.92. The summed E-state index contributed by atoms with van der Waals surface area (Å²) in [5, 5.41) is 0. The first-order valence-corrected chi connectivity index (χ1v) is 4.92. The number of nitrogens with zero attached hydrogens (tertiary/aromatic N) is 1. The van der Waals surface area contributed by atoms with Crippen LogP contribution < -0.4 is 0 Å². The average Bonchev–Trinajstić information content (AvgIpc) is 2.05. The van der Waals surface area contributed by atoms with E-state index in [1.165, 1.54) is 32.1 Å². The molecule has 1 aliphatic carbocycles. The van der Waals surface area contributed by atoms with Crippen LogP contribution in [0.1, 0.15) is 32.1 Å². The fourth-order valence-corrected chi connectivity index (χ4v) is 1.60. The second-order valence-corrected chi connectivity index (χ2v) is 3.89. The maximum atomic E-state index is 3.36. The Morgan fingerprint density at radius 1 is 1.17 bits per heavy atom. The van der Waals surface area contributed by atoms with E-state index in [1.54, 1.807) is 0 Å². The van der Waals surface area contributed by atoms with Crippen LogP contribution in [0.15, 0.2) is 0 Å². The van der Waals surface area contributed by atoms with Gasteiger partial charge in [-0.05, 0) is 26.9 Å². The van der Waals surface area contributed by atoms with Gasteiger partial charge in [-0.1, -0.05) is 31.1 Å². The summed E-state index contributed by atoms with van der Waals surface area (Å²) in [4.78, 5) is 2.12. The molecule has 68 valence electrons. The van der Waals surface area contributed by atoms with Gasteiger partial charge in [0.2, 0.25) is 0 Å². The second-order valence-electron chi connectivity index (χ2n) is 3.89. The Hall–Kier alpha value is -0.480. The highest BCUT2D eigenvalue weighted by molar-refractivity contribution is 5.05. The van der Waals surface area contributed by atoms with Crippen molar-refractivity contribution in [1.82, 2.24) is 4.90 Å². The molecule has 0 saturated heterocycles. The first-order chi connectivity index (χ1) is 5.79. The minimum atomic E-state index is 0.707. The third-order valence-corrected chi connectivity index (χ3v) is 2.31. The predicted octanol–water partition coefficient (Wildman–Crippen LogP) is 2.13. The van der Waals surface area contributed by atoms with Crippen molar-refractivity contribution in [3.63, 3.8) is 0 Å². The average molecular weight is 165 g/mol. The number of hydrogen-bond acceptors (Lipinski definition) is 1. The van der Waals surface area contributed by atoms with E-state index < -0.39 is 0 Å². The predicted molar refractivity (Wildman–Crippen MR) is 52.9 cm³/mol. The van der Waals surface area contributed by atoms with Crippen molar-refractivity contribution in [2.24, 2.45) is 5.92 Å². The molecule has 0 atom stereocenters. The Morgan fingerprint density at radius 2 is 1.83 bits per heavy atom. The van der Waals surface area contributed by atoms with Crippen LogP contribution in [0.3, 0.4) is 0 Å². The maximum Gasteiger partial charge on any atom is 0.0596 e. The lowest BCUT2D eigenvalue weighted by Crippen LogP contribution is -2.11. The lowest BCUT2D eigenvalue weighted by atomic mass is 9.90. The molecule has 0 spiro atoms. The molecule has 0 aliphatic heterocycles. The standard InChI is InChI=1S/C11H19N/c1-12(2)10-6-9-11-7-4-3-5-8-11/h11H,3-5,7-8,10H2,1-2H3. The van der Waals surface area contributed by atoms with Crippen LogP contribution >= 0.6 is 0 Å². The molecule has 1 nitrogen and oxygen atoms in total. The van der Waals surface area contributed by atoms with Gasteiger partial charge < -0.3 is 0 Å². The molecular weight excluding hydrogens is 146 g/mol. The van der Waals surface area contributed by atoms with Crippen LogP contribution in [-0.4, -0.2) is 25.5 Å². The van der Waals surface area contributed by atoms with E-state index in [2.05, 4.69) is 30.8 Å². The fourth-order valence-electron chi connectivity index (χ4n) is 1.60. The molecule has 0 amide bonds. The molecule has 0 bridgehead atoms. The zero-order valence-electron chi connectivity index (χ0n) is 8.27. The number of hydrogen-bond donors (Lipinski definition) is 0. The van der Waals surface area contributed by atoms with E-state index in [4.69, 9.17) is 0 Å². The Bertz CT molecular complexity index is 167. The SMILES string of the molecule is CN(C)CC#CC1CCCCC1. The summed E-state index contributed by atoms with van der Waals surface area (Å²) in [6.45, 7) is 0.913. The maximum absolute atomic E-state index is 3.36. The smallest absolute Gasteiger partial charge is 0.0596 e. The molecule has 0 N–H and O–H groups in total. The minimum absolute atomic E-state index is 0.707. The Morgan fingerprint density at radius 3 is 2.42 bits per heavy atom. The van der Waals surface area contributed by atoms with E-state index in [9.17, 15) is 0 Å². The fraction of sp³-hybridized carbons (Fsp3) is 0.818. The molecule has 1 heteroatoms. The van der Waals surface area contributed by atoms with Gasteiger partial charge in [0.1, 0.15) is 0 Å². The van der Waals surface area contributed by atoms with Crippen LogP contribution in [0.2, 0.25) is 0 Å². The van der Waals surface area contributed by atoms with Crippen molar-refractivity contribution >= 4 is 0 Å². The topological polar surface area (TPSA) is 3.24 Å². The molecule has 0 aromatic heterocycles. The second kappa shape index (κ2) is 5.22. The lowest BCUT2D eigenvalue weighted by Gasteiger charge is -2.15. The van der Waals surface area contributed by atoms with Crippen molar-refractivity contribution in [2.75, 3.05) is 20.6 Å². The van der Waals surface area contributed by atoms with Crippen molar-refractivity contribution in [3.8, 4) is 11.8 Å². The van der Waals surface area contributed by atoms with E-state index >= 15 is 0 Å². The van der Waals surface area contributed by atoms with Crippen molar-refractivity contribution in [2.45, 2.75) is 32.1 Å². The Labute approximate surface area is 76.1 Å². The summed E-state index contributed by atoms with van der Waals surface area (Å²) < 4.78 is 0. The molecule has 0 radical (unpaired) electrons. The summed E-state index contributed by atoms with van der Waals surface area (Å²) in [5.74, 6) is 7.30. The highest BCUT2D eigenvalue weighted by Gasteiger charge is 2.09. The molecule has 1 aliphatic rings. The third-order valence-electron chi connectivity index (χ3n) is 2.31. The highest BCUT2D eigenvalue weighted by Crippen LogP contribution is 2.22. The normalized spacial score (nSPS) is 18.9. The van der Waals surface area contributed by atoms with Gasteiger partial charge in [-0.2, -0.15) is 0 Å². The first kappa shape index (κ1) is 9.61. The van der Waals surface area contributed by atoms with E-state index in [1.807, 2.05) is 0 Å². The molecule has 0 unspecified atom stereocenters. The lowest BCUT2D eigenvalue weighted by molar-refractivity contribution is 0.428. The summed E-state index contributed by atoms with van der Waals surface area (Å²) >= 11 is 0. The van der Waals surface area contributed by atoms with Gasteiger partial charge in [-0.25, -0.2) is 0 Å². The third kappa shape index (κ3) is 3.78. The molecule has 1 saturated carbocycles. The van der Waals surface area contributed by atoms with E-state index in [-0.39, 0.29) is 0 Å². The molecule has 0 aromatic rings. The molecule has 1 rings (SSSR count). The monoisotopic (exact) mass is 165 g/mol.